The van der Waals surface area contributed by atoms with Gasteiger partial charge in [0, 0.05) is 6.54 Å². The Morgan fingerprint density at radius 1 is 1.46 bits per heavy atom. The van der Waals surface area contributed by atoms with Crippen LogP contribution in [0.2, 0.25) is 0 Å². The van der Waals surface area contributed by atoms with Crippen LogP contribution in [0.5, 0.6) is 0 Å². The largest absolute Gasteiger partial charge is 0.411 e. The third kappa shape index (κ3) is 1.26. The first-order chi connectivity index (χ1) is 6.20. The van der Waals surface area contributed by atoms with Gasteiger partial charge in [0.15, 0.2) is 5.78 Å². The molecule has 2 atom stereocenters. The Balaban J connectivity index is 2.29. The predicted octanol–water partition coefficient (Wildman–Crippen LogP) is 0.557. The van der Waals surface area contributed by atoms with E-state index >= 15 is 0 Å². The maximum Gasteiger partial charge on any atom is 0.322 e. The van der Waals surface area contributed by atoms with Crippen molar-refractivity contribution in [2.75, 3.05) is 6.54 Å². The lowest BCUT2D eigenvalue weighted by Crippen LogP contribution is -2.43. The molecule has 70 valence electrons. The number of fused-ring (bicyclic) bond motifs is 1. The molecule has 0 bridgehead atoms. The number of nitrogens with zero attached hydrogens (tertiary/aromatic N) is 1. The number of Topliss-reactive ketones (excluding diaryl/α,β-unsaturated/α-hetero) is 1. The molecule has 0 radical (unpaired) electrons. The summed E-state index contributed by atoms with van der Waals surface area (Å²) < 4.78 is 4.96. The van der Waals surface area contributed by atoms with Crippen molar-refractivity contribution in [3.05, 3.63) is 0 Å². The summed E-state index contributed by atoms with van der Waals surface area (Å²) in [6.07, 6.45) is 1.68. The minimum absolute atomic E-state index is 0.0327. The van der Waals surface area contributed by atoms with Crippen LogP contribution in [0.3, 0.4) is 0 Å². The van der Waals surface area contributed by atoms with Crippen LogP contribution >= 0.6 is 0 Å². The van der Waals surface area contributed by atoms with Crippen molar-refractivity contribution in [1.82, 2.24) is 0 Å². The molecule has 0 saturated carbocycles. The highest BCUT2D eigenvalue weighted by Gasteiger charge is 2.41. The first kappa shape index (κ1) is 8.41. The van der Waals surface area contributed by atoms with Crippen LogP contribution in [-0.4, -0.2) is 24.2 Å². The van der Waals surface area contributed by atoms with Crippen LogP contribution in [0.4, 0.5) is 0 Å². The predicted molar refractivity (Wildman–Crippen MR) is 45.3 cm³/mol. The van der Waals surface area contributed by atoms with Crippen molar-refractivity contribution >= 4 is 17.7 Å². The molecule has 0 spiro atoms. The average molecular weight is 181 g/mol. The molecule has 0 amide bonds. The Hall–Kier alpha value is -1.19. The highest BCUT2D eigenvalue weighted by molar-refractivity contribution is 6.16. The SMILES string of the molecule is CC1C(=O)OC2=NCCCC2C1=O. The Bertz CT molecular complexity index is 295. The fraction of sp³-hybridized carbons (Fsp3) is 0.667. The van der Waals surface area contributed by atoms with Gasteiger partial charge in [-0.3, -0.25) is 14.6 Å². The highest BCUT2D eigenvalue weighted by atomic mass is 16.5. The van der Waals surface area contributed by atoms with Crippen molar-refractivity contribution < 1.29 is 14.3 Å². The number of esters is 1. The molecule has 2 aliphatic rings. The molecule has 4 nitrogen and oxygen atoms in total. The zero-order chi connectivity index (χ0) is 9.42. The van der Waals surface area contributed by atoms with Crippen molar-refractivity contribution in [1.29, 1.82) is 0 Å². The van der Waals surface area contributed by atoms with E-state index in [2.05, 4.69) is 4.99 Å². The lowest BCUT2D eigenvalue weighted by atomic mass is 9.86. The molecule has 2 rings (SSSR count). The van der Waals surface area contributed by atoms with Crippen molar-refractivity contribution in [3.8, 4) is 0 Å². The van der Waals surface area contributed by atoms with Crippen molar-refractivity contribution in [3.63, 3.8) is 0 Å². The van der Waals surface area contributed by atoms with E-state index in [0.29, 0.717) is 12.4 Å². The summed E-state index contributed by atoms with van der Waals surface area (Å²) in [5, 5.41) is 0. The summed E-state index contributed by atoms with van der Waals surface area (Å²) in [4.78, 5) is 26.8. The van der Waals surface area contributed by atoms with Crippen LogP contribution in [0.15, 0.2) is 4.99 Å². The maximum absolute atomic E-state index is 11.6. The minimum atomic E-state index is -0.609. The first-order valence-electron chi connectivity index (χ1n) is 4.50. The van der Waals surface area contributed by atoms with E-state index < -0.39 is 11.9 Å². The number of carbonyl (C=O) groups excluding carboxylic acids is 2. The van der Waals surface area contributed by atoms with Gasteiger partial charge < -0.3 is 4.74 Å². The molecular weight excluding hydrogens is 170 g/mol. The Kier molecular flexibility index (Phi) is 1.90. The molecule has 2 aliphatic heterocycles. The summed E-state index contributed by atoms with van der Waals surface area (Å²) in [5.41, 5.74) is 0. The van der Waals surface area contributed by atoms with E-state index in [0.717, 1.165) is 12.8 Å². The number of hydrogen-bond donors (Lipinski definition) is 0. The van der Waals surface area contributed by atoms with Gasteiger partial charge in [0.25, 0.3) is 0 Å². The number of rotatable bonds is 0. The highest BCUT2D eigenvalue weighted by Crippen LogP contribution is 2.25. The molecule has 4 heteroatoms. The molecule has 0 aromatic heterocycles. The molecule has 2 unspecified atom stereocenters. The lowest BCUT2D eigenvalue weighted by molar-refractivity contribution is -0.149. The number of carbonyl (C=O) groups is 2. The zero-order valence-corrected chi connectivity index (χ0v) is 7.45. The average Bonchev–Trinajstić information content (AvgIpc) is 2.15. The minimum Gasteiger partial charge on any atom is -0.411 e. The standard InChI is InChI=1S/C9H11NO3/c1-5-7(11)6-3-2-4-10-8(6)13-9(5)12/h5-6H,2-4H2,1H3. The maximum atomic E-state index is 11.6. The van der Waals surface area contributed by atoms with Crippen LogP contribution in [0.1, 0.15) is 19.8 Å². The van der Waals surface area contributed by atoms with Gasteiger partial charge in [0.05, 0.1) is 5.92 Å². The van der Waals surface area contributed by atoms with Crippen molar-refractivity contribution in [2.24, 2.45) is 16.8 Å². The van der Waals surface area contributed by atoms with Gasteiger partial charge in [-0.15, -0.1) is 0 Å². The number of ether oxygens (including phenoxy) is 1. The topological polar surface area (TPSA) is 55.7 Å². The fourth-order valence-corrected chi connectivity index (χ4v) is 1.70. The molecule has 0 aromatic rings. The molecule has 13 heavy (non-hydrogen) atoms. The van der Waals surface area contributed by atoms with Gasteiger partial charge in [-0.25, -0.2) is 0 Å². The van der Waals surface area contributed by atoms with Gasteiger partial charge in [-0.05, 0) is 19.8 Å². The smallest absolute Gasteiger partial charge is 0.322 e. The second-order valence-corrected chi connectivity index (χ2v) is 3.46. The van der Waals surface area contributed by atoms with Gasteiger partial charge in [0.2, 0.25) is 5.90 Å². The molecule has 1 saturated heterocycles. The zero-order valence-electron chi connectivity index (χ0n) is 7.45. The Labute approximate surface area is 76.0 Å². The monoisotopic (exact) mass is 181 g/mol. The van der Waals surface area contributed by atoms with E-state index in [1.54, 1.807) is 6.92 Å². The summed E-state index contributed by atoms with van der Waals surface area (Å²) in [5.74, 6) is -1.00. The van der Waals surface area contributed by atoms with Gasteiger partial charge >= 0.3 is 5.97 Å². The molecule has 0 aliphatic carbocycles. The quantitative estimate of drug-likeness (QED) is 0.405. The van der Waals surface area contributed by atoms with E-state index in [9.17, 15) is 9.59 Å². The summed E-state index contributed by atoms with van der Waals surface area (Å²) in [6, 6.07) is 0. The number of ketones is 1. The van der Waals surface area contributed by atoms with Crippen LogP contribution < -0.4 is 0 Å². The second-order valence-electron chi connectivity index (χ2n) is 3.46. The normalized spacial score (nSPS) is 33.5. The van der Waals surface area contributed by atoms with Gasteiger partial charge in [-0.2, -0.15) is 0 Å². The molecular formula is C9H11NO3. The Morgan fingerprint density at radius 2 is 2.23 bits per heavy atom. The molecule has 1 fully saturated rings. The number of aliphatic imine (C=N–C) groups is 1. The molecule has 0 N–H and O–H groups in total. The van der Waals surface area contributed by atoms with Crippen molar-refractivity contribution in [2.45, 2.75) is 19.8 Å². The summed E-state index contributed by atoms with van der Waals surface area (Å²) in [6.45, 7) is 2.26. The molecule has 0 aromatic carbocycles. The number of hydrogen-bond acceptors (Lipinski definition) is 4. The van der Waals surface area contributed by atoms with Gasteiger partial charge in [-0.1, -0.05) is 0 Å². The van der Waals surface area contributed by atoms with E-state index in [1.807, 2.05) is 0 Å². The summed E-state index contributed by atoms with van der Waals surface area (Å²) in [7, 11) is 0. The summed E-state index contributed by atoms with van der Waals surface area (Å²) >= 11 is 0. The van der Waals surface area contributed by atoms with Crippen LogP contribution in [0.25, 0.3) is 0 Å². The van der Waals surface area contributed by atoms with Crippen LogP contribution in [0, 0.1) is 11.8 Å². The molecule has 2 heterocycles. The van der Waals surface area contributed by atoms with E-state index in [-0.39, 0.29) is 11.7 Å². The second kappa shape index (κ2) is 2.94. The van der Waals surface area contributed by atoms with Crippen LogP contribution in [-0.2, 0) is 14.3 Å². The van der Waals surface area contributed by atoms with E-state index in [1.165, 1.54) is 0 Å². The third-order valence-corrected chi connectivity index (χ3v) is 2.55. The third-order valence-electron chi connectivity index (χ3n) is 2.55. The Morgan fingerprint density at radius 3 is 3.00 bits per heavy atom. The van der Waals surface area contributed by atoms with E-state index in [4.69, 9.17) is 4.74 Å². The van der Waals surface area contributed by atoms with Gasteiger partial charge in [0.1, 0.15) is 5.92 Å². The first-order valence-corrected chi connectivity index (χ1v) is 4.50. The lowest BCUT2D eigenvalue weighted by Gasteiger charge is -2.28. The fourth-order valence-electron chi connectivity index (χ4n) is 1.70.